The summed E-state index contributed by atoms with van der Waals surface area (Å²) in [5.74, 6) is -0.195. The van der Waals surface area contributed by atoms with Crippen molar-refractivity contribution in [3.63, 3.8) is 0 Å². The second kappa shape index (κ2) is 9.83. The minimum atomic E-state index is -3.90. The molecule has 0 aliphatic heterocycles. The van der Waals surface area contributed by atoms with Gasteiger partial charge in [-0.05, 0) is 49.4 Å². The van der Waals surface area contributed by atoms with Gasteiger partial charge in [0.1, 0.15) is 5.75 Å². The van der Waals surface area contributed by atoms with E-state index in [1.807, 2.05) is 37.3 Å². The van der Waals surface area contributed by atoms with Crippen molar-refractivity contribution < 1.29 is 22.7 Å². The summed E-state index contributed by atoms with van der Waals surface area (Å²) in [6.45, 7) is 1.67. The summed E-state index contributed by atoms with van der Waals surface area (Å²) in [4.78, 5) is 16.4. The normalized spacial score (nSPS) is 11.0. The van der Waals surface area contributed by atoms with Crippen LogP contribution >= 0.6 is 0 Å². The van der Waals surface area contributed by atoms with E-state index in [2.05, 4.69) is 9.46 Å². The summed E-state index contributed by atoms with van der Waals surface area (Å²) in [5.41, 5.74) is 3.82. The molecule has 0 bridgehead atoms. The lowest BCUT2D eigenvalue weighted by Crippen LogP contribution is -2.14. The van der Waals surface area contributed by atoms with Gasteiger partial charge in [-0.25, -0.2) is 18.2 Å². The van der Waals surface area contributed by atoms with Crippen LogP contribution in [0, 0.1) is 18.3 Å². The summed E-state index contributed by atoms with van der Waals surface area (Å²) in [5, 5.41) is 9.45. The van der Waals surface area contributed by atoms with Crippen LogP contribution in [0.4, 0.5) is 5.69 Å². The van der Waals surface area contributed by atoms with Gasteiger partial charge in [0.25, 0.3) is 10.0 Å². The monoisotopic (exact) mass is 487 g/mol. The molecule has 176 valence electrons. The molecule has 0 aliphatic carbocycles. The highest BCUT2D eigenvalue weighted by molar-refractivity contribution is 7.92. The van der Waals surface area contributed by atoms with Gasteiger partial charge in [0.05, 0.1) is 34.8 Å². The Labute approximate surface area is 202 Å². The number of nitrogens with one attached hydrogen (secondary N) is 1. The van der Waals surface area contributed by atoms with Crippen molar-refractivity contribution in [1.82, 2.24) is 4.98 Å². The number of nitriles is 1. The standard InChI is InChI=1S/C26H21N3O5S/c1-17-3-7-19(8-4-17)24-14-25(34-16-26(30)33-2)22-13-20(9-12-23(22)28-24)29-35(31,32)21-10-5-18(15-27)6-11-21/h3-14,29H,16H2,1-2H3. The van der Waals surface area contributed by atoms with Gasteiger partial charge < -0.3 is 9.47 Å². The largest absolute Gasteiger partial charge is 0.481 e. The van der Waals surface area contributed by atoms with Gasteiger partial charge in [-0.1, -0.05) is 29.8 Å². The Morgan fingerprint density at radius 3 is 2.40 bits per heavy atom. The summed E-state index contributed by atoms with van der Waals surface area (Å²) < 4.78 is 38.6. The molecule has 1 heterocycles. The molecule has 0 fully saturated rings. The van der Waals surface area contributed by atoms with Gasteiger partial charge in [0.2, 0.25) is 0 Å². The fourth-order valence-electron chi connectivity index (χ4n) is 3.37. The van der Waals surface area contributed by atoms with Crippen LogP contribution in [-0.4, -0.2) is 33.1 Å². The fraction of sp³-hybridized carbons (Fsp3) is 0.115. The van der Waals surface area contributed by atoms with Crippen molar-refractivity contribution in [2.75, 3.05) is 18.4 Å². The third kappa shape index (κ3) is 5.39. The van der Waals surface area contributed by atoms with Gasteiger partial charge in [0, 0.05) is 22.7 Å². The Morgan fingerprint density at radius 1 is 1.03 bits per heavy atom. The highest BCUT2D eigenvalue weighted by Gasteiger charge is 2.16. The van der Waals surface area contributed by atoms with Gasteiger partial charge in [0.15, 0.2) is 6.61 Å². The maximum absolute atomic E-state index is 12.8. The van der Waals surface area contributed by atoms with E-state index >= 15 is 0 Å². The van der Waals surface area contributed by atoms with Crippen molar-refractivity contribution in [1.29, 1.82) is 5.26 Å². The van der Waals surface area contributed by atoms with E-state index < -0.39 is 16.0 Å². The number of pyridine rings is 1. The van der Waals surface area contributed by atoms with Gasteiger partial charge in [-0.15, -0.1) is 0 Å². The van der Waals surface area contributed by atoms with E-state index in [0.717, 1.165) is 11.1 Å². The molecule has 35 heavy (non-hydrogen) atoms. The number of rotatable bonds is 7. The number of hydrogen-bond acceptors (Lipinski definition) is 7. The van der Waals surface area contributed by atoms with Gasteiger partial charge >= 0.3 is 5.97 Å². The molecule has 0 saturated carbocycles. The van der Waals surface area contributed by atoms with Crippen molar-refractivity contribution in [2.24, 2.45) is 0 Å². The second-order valence-corrected chi connectivity index (χ2v) is 9.39. The molecule has 0 radical (unpaired) electrons. The first-order valence-corrected chi connectivity index (χ1v) is 12.0. The first kappa shape index (κ1) is 23.7. The van der Waals surface area contributed by atoms with Crippen LogP contribution in [-0.2, 0) is 19.6 Å². The number of methoxy groups -OCH3 is 1. The number of hydrogen-bond donors (Lipinski definition) is 1. The lowest BCUT2D eigenvalue weighted by molar-refractivity contribution is -0.142. The average molecular weight is 488 g/mol. The minimum Gasteiger partial charge on any atom is -0.481 e. The zero-order valence-corrected chi connectivity index (χ0v) is 19.8. The predicted molar refractivity (Wildman–Crippen MR) is 131 cm³/mol. The number of sulfonamides is 1. The fourth-order valence-corrected chi connectivity index (χ4v) is 4.42. The second-order valence-electron chi connectivity index (χ2n) is 7.71. The number of fused-ring (bicyclic) bond motifs is 1. The summed E-state index contributed by atoms with van der Waals surface area (Å²) >= 11 is 0. The maximum atomic E-state index is 12.8. The zero-order chi connectivity index (χ0) is 25.0. The summed E-state index contributed by atoms with van der Waals surface area (Å²) in [7, 11) is -2.63. The average Bonchev–Trinajstić information content (AvgIpc) is 2.87. The smallest absolute Gasteiger partial charge is 0.343 e. The van der Waals surface area contributed by atoms with Crippen LogP contribution in [0.25, 0.3) is 22.2 Å². The van der Waals surface area contributed by atoms with Crippen LogP contribution in [0.15, 0.2) is 77.7 Å². The topological polar surface area (TPSA) is 118 Å². The molecule has 9 heteroatoms. The summed E-state index contributed by atoms with van der Waals surface area (Å²) in [6, 6.07) is 21.9. The van der Waals surface area contributed by atoms with Gasteiger partial charge in [-0.3, -0.25) is 4.72 Å². The van der Waals surface area contributed by atoms with Crippen molar-refractivity contribution in [2.45, 2.75) is 11.8 Å². The molecule has 0 unspecified atom stereocenters. The molecule has 0 aliphatic rings. The highest BCUT2D eigenvalue weighted by Crippen LogP contribution is 2.32. The summed E-state index contributed by atoms with van der Waals surface area (Å²) in [6.07, 6.45) is 0. The molecule has 1 aromatic heterocycles. The molecule has 0 amide bonds. The molecule has 0 atom stereocenters. The molecule has 0 spiro atoms. The van der Waals surface area contributed by atoms with E-state index in [0.29, 0.717) is 27.9 Å². The SMILES string of the molecule is COC(=O)COc1cc(-c2ccc(C)cc2)nc2ccc(NS(=O)(=O)c3ccc(C#N)cc3)cc12. The third-order valence-corrected chi connectivity index (χ3v) is 6.63. The molecular weight excluding hydrogens is 466 g/mol. The lowest BCUT2D eigenvalue weighted by atomic mass is 10.1. The number of aromatic nitrogens is 1. The first-order valence-electron chi connectivity index (χ1n) is 10.5. The van der Waals surface area contributed by atoms with E-state index in [1.165, 1.54) is 31.4 Å². The Bertz CT molecular complexity index is 1540. The Hall–Kier alpha value is -4.42. The number of aryl methyl sites for hydroxylation is 1. The first-order chi connectivity index (χ1) is 16.8. The highest BCUT2D eigenvalue weighted by atomic mass is 32.2. The van der Waals surface area contributed by atoms with E-state index in [4.69, 9.17) is 15.0 Å². The number of benzene rings is 3. The van der Waals surface area contributed by atoms with E-state index in [-0.39, 0.29) is 17.2 Å². The number of nitrogens with zero attached hydrogens (tertiary/aromatic N) is 2. The van der Waals surface area contributed by atoms with Crippen LogP contribution in [0.3, 0.4) is 0 Å². The molecular formula is C26H21N3O5S. The third-order valence-electron chi connectivity index (χ3n) is 5.24. The van der Waals surface area contributed by atoms with Crippen molar-refractivity contribution >= 4 is 32.6 Å². The minimum absolute atomic E-state index is 0.0200. The van der Waals surface area contributed by atoms with Crippen molar-refractivity contribution in [3.05, 3.63) is 83.9 Å². The quantitative estimate of drug-likeness (QED) is 0.383. The number of esters is 1. The predicted octanol–water partition coefficient (Wildman–Crippen LogP) is 4.43. The Morgan fingerprint density at radius 2 is 1.74 bits per heavy atom. The number of carbonyl (C=O) groups excluding carboxylic acids is 1. The van der Waals surface area contributed by atoms with Crippen LogP contribution in [0.2, 0.25) is 0 Å². The van der Waals surface area contributed by atoms with Gasteiger partial charge in [-0.2, -0.15) is 5.26 Å². The number of anilines is 1. The lowest BCUT2D eigenvalue weighted by Gasteiger charge is -2.13. The van der Waals surface area contributed by atoms with Crippen LogP contribution in [0.5, 0.6) is 5.75 Å². The zero-order valence-electron chi connectivity index (χ0n) is 19.0. The van der Waals surface area contributed by atoms with E-state index in [9.17, 15) is 13.2 Å². The van der Waals surface area contributed by atoms with Crippen LogP contribution < -0.4 is 9.46 Å². The Balaban J connectivity index is 1.74. The van der Waals surface area contributed by atoms with Crippen LogP contribution in [0.1, 0.15) is 11.1 Å². The molecule has 4 aromatic rings. The molecule has 3 aromatic carbocycles. The molecule has 4 rings (SSSR count). The molecule has 1 N–H and O–H groups in total. The number of ether oxygens (including phenoxy) is 2. The number of carbonyl (C=O) groups is 1. The van der Waals surface area contributed by atoms with E-state index in [1.54, 1.807) is 24.3 Å². The van der Waals surface area contributed by atoms with Crippen molar-refractivity contribution in [3.8, 4) is 23.1 Å². The molecule has 0 saturated heterocycles. The Kier molecular flexibility index (Phi) is 6.66. The molecule has 8 nitrogen and oxygen atoms in total. The maximum Gasteiger partial charge on any atom is 0.343 e.